The summed E-state index contributed by atoms with van der Waals surface area (Å²) in [7, 11) is -0.949. The molecule has 0 aliphatic carbocycles. The predicted molar refractivity (Wildman–Crippen MR) is 97.5 cm³/mol. The monoisotopic (exact) mass is 405 g/mol. The summed E-state index contributed by atoms with van der Waals surface area (Å²) in [6.07, 6.45) is 1.36. The van der Waals surface area contributed by atoms with Crippen molar-refractivity contribution in [3.8, 4) is 0 Å². The molecular weight excluding hydrogens is 389 g/mol. The molecule has 1 unspecified atom stereocenters. The predicted octanol–water partition coefficient (Wildman–Crippen LogP) is 3.39. The Labute approximate surface area is 155 Å². The van der Waals surface area contributed by atoms with Crippen molar-refractivity contribution in [2.75, 3.05) is 11.5 Å². The van der Waals surface area contributed by atoms with Gasteiger partial charge in [-0.2, -0.15) is 0 Å². The smallest absolute Gasteiger partial charge is 0.191 e. The molecule has 0 N–H and O–H groups in total. The van der Waals surface area contributed by atoms with Crippen molar-refractivity contribution in [2.24, 2.45) is 13.0 Å². The van der Waals surface area contributed by atoms with Crippen LogP contribution >= 0.6 is 35.0 Å². The molecule has 24 heavy (non-hydrogen) atoms. The van der Waals surface area contributed by atoms with E-state index in [0.717, 1.165) is 16.5 Å². The Bertz CT molecular complexity index is 852. The second-order valence-electron chi connectivity index (χ2n) is 5.97. The number of thioether (sulfide) groups is 1. The Morgan fingerprint density at radius 2 is 2.08 bits per heavy atom. The van der Waals surface area contributed by atoms with Crippen molar-refractivity contribution < 1.29 is 8.42 Å². The Balaban J connectivity index is 1.63. The van der Waals surface area contributed by atoms with Gasteiger partial charge in [0.1, 0.15) is 5.82 Å². The molecule has 0 bridgehead atoms. The van der Waals surface area contributed by atoms with E-state index in [1.165, 1.54) is 0 Å². The van der Waals surface area contributed by atoms with E-state index in [1.807, 2.05) is 23.7 Å². The van der Waals surface area contributed by atoms with Crippen LogP contribution in [0.15, 0.2) is 23.4 Å². The first-order valence-electron chi connectivity index (χ1n) is 7.49. The number of hydrogen-bond donors (Lipinski definition) is 0. The van der Waals surface area contributed by atoms with E-state index in [1.54, 1.807) is 17.8 Å². The zero-order valence-corrected chi connectivity index (χ0v) is 16.2. The lowest BCUT2D eigenvalue weighted by Crippen LogP contribution is -2.11. The molecule has 1 aromatic heterocycles. The first kappa shape index (κ1) is 18.0. The topological polar surface area (TPSA) is 64.8 Å². The minimum atomic E-state index is -2.86. The maximum atomic E-state index is 11.6. The third kappa shape index (κ3) is 4.25. The number of sulfone groups is 1. The molecule has 0 radical (unpaired) electrons. The van der Waals surface area contributed by atoms with Crippen LogP contribution in [-0.2, 0) is 29.1 Å². The van der Waals surface area contributed by atoms with Crippen LogP contribution in [0.2, 0.25) is 10.0 Å². The molecule has 3 rings (SSSR count). The summed E-state index contributed by atoms with van der Waals surface area (Å²) in [5.41, 5.74) is 1.06. The van der Waals surface area contributed by atoms with Crippen LogP contribution in [-0.4, -0.2) is 34.7 Å². The van der Waals surface area contributed by atoms with Gasteiger partial charge in [0.25, 0.3) is 0 Å². The largest absolute Gasteiger partial charge is 0.309 e. The van der Waals surface area contributed by atoms with Gasteiger partial charge in [-0.1, -0.05) is 41.0 Å². The third-order valence-electron chi connectivity index (χ3n) is 4.08. The second kappa shape index (κ2) is 7.23. The fourth-order valence-electron chi connectivity index (χ4n) is 2.72. The van der Waals surface area contributed by atoms with Crippen LogP contribution in [0.4, 0.5) is 0 Å². The van der Waals surface area contributed by atoms with Crippen LogP contribution in [0.1, 0.15) is 17.8 Å². The maximum absolute atomic E-state index is 11.6. The maximum Gasteiger partial charge on any atom is 0.191 e. The molecule has 5 nitrogen and oxygen atoms in total. The van der Waals surface area contributed by atoms with Gasteiger partial charge in [0.05, 0.1) is 21.6 Å². The number of nitrogens with zero attached hydrogens (tertiary/aromatic N) is 3. The van der Waals surface area contributed by atoms with Gasteiger partial charge >= 0.3 is 0 Å². The highest BCUT2D eigenvalue weighted by atomic mass is 35.5. The lowest BCUT2D eigenvalue weighted by atomic mass is 10.1. The van der Waals surface area contributed by atoms with E-state index in [4.69, 9.17) is 23.2 Å². The Hall–Kier alpha value is -0.760. The molecule has 1 aromatic carbocycles. The van der Waals surface area contributed by atoms with Gasteiger partial charge in [0.2, 0.25) is 0 Å². The van der Waals surface area contributed by atoms with Crippen molar-refractivity contribution in [1.29, 1.82) is 0 Å². The zero-order chi connectivity index (χ0) is 17.3. The first-order chi connectivity index (χ1) is 11.3. The molecule has 1 aliphatic rings. The number of hydrogen-bond acceptors (Lipinski definition) is 5. The van der Waals surface area contributed by atoms with Gasteiger partial charge in [-0.15, -0.1) is 10.2 Å². The highest BCUT2D eigenvalue weighted by Crippen LogP contribution is 2.28. The van der Waals surface area contributed by atoms with Crippen molar-refractivity contribution in [1.82, 2.24) is 14.8 Å². The van der Waals surface area contributed by atoms with E-state index in [-0.39, 0.29) is 17.4 Å². The summed E-state index contributed by atoms with van der Waals surface area (Å²) >= 11 is 13.5. The molecule has 1 atom stereocenters. The molecular formula is C15H17Cl2N3O2S2. The quantitative estimate of drug-likeness (QED) is 0.713. The second-order valence-corrected chi connectivity index (χ2v) is 9.95. The summed E-state index contributed by atoms with van der Waals surface area (Å²) in [5.74, 6) is 2.22. The highest BCUT2D eigenvalue weighted by Gasteiger charge is 2.29. The minimum absolute atomic E-state index is 0.144. The minimum Gasteiger partial charge on any atom is -0.309 e. The summed E-state index contributed by atoms with van der Waals surface area (Å²) in [4.78, 5) is 0. The van der Waals surface area contributed by atoms with Crippen LogP contribution in [0.5, 0.6) is 0 Å². The van der Waals surface area contributed by atoms with Gasteiger partial charge < -0.3 is 4.57 Å². The normalized spacial score (nSPS) is 19.7. The van der Waals surface area contributed by atoms with Crippen molar-refractivity contribution in [3.05, 3.63) is 39.6 Å². The molecule has 1 fully saturated rings. The van der Waals surface area contributed by atoms with E-state index in [0.29, 0.717) is 28.6 Å². The van der Waals surface area contributed by atoms with Gasteiger partial charge in [-0.3, -0.25) is 0 Å². The summed E-state index contributed by atoms with van der Waals surface area (Å²) in [6, 6.07) is 5.56. The van der Waals surface area contributed by atoms with Crippen LogP contribution in [0, 0.1) is 5.92 Å². The van der Waals surface area contributed by atoms with Crippen molar-refractivity contribution in [2.45, 2.75) is 23.8 Å². The average Bonchev–Trinajstić information content (AvgIpc) is 3.04. The molecule has 130 valence electrons. The van der Waals surface area contributed by atoms with Gasteiger partial charge in [0.15, 0.2) is 15.0 Å². The summed E-state index contributed by atoms with van der Waals surface area (Å²) in [6.45, 7) is 0. The van der Waals surface area contributed by atoms with Crippen molar-refractivity contribution in [3.63, 3.8) is 0 Å². The third-order valence-corrected chi connectivity index (χ3v) is 7.74. The molecule has 9 heteroatoms. The number of rotatable bonds is 5. The van der Waals surface area contributed by atoms with Crippen LogP contribution in [0.25, 0.3) is 0 Å². The van der Waals surface area contributed by atoms with E-state index < -0.39 is 9.84 Å². The van der Waals surface area contributed by atoms with Gasteiger partial charge in [-0.05, 0) is 30.0 Å². The Morgan fingerprint density at radius 1 is 1.29 bits per heavy atom. The van der Waals surface area contributed by atoms with E-state index in [2.05, 4.69) is 10.2 Å². The first-order valence-corrected chi connectivity index (χ1v) is 11.1. The number of aromatic nitrogens is 3. The molecule has 1 aliphatic heterocycles. The Kier molecular flexibility index (Phi) is 5.44. The summed E-state index contributed by atoms with van der Waals surface area (Å²) in [5, 5.41) is 10.3. The average molecular weight is 406 g/mol. The van der Waals surface area contributed by atoms with E-state index >= 15 is 0 Å². The number of halogens is 2. The summed E-state index contributed by atoms with van der Waals surface area (Å²) < 4.78 is 25.1. The zero-order valence-electron chi connectivity index (χ0n) is 13.1. The lowest BCUT2D eigenvalue weighted by Gasteiger charge is -2.08. The molecule has 0 amide bonds. The molecule has 2 aromatic rings. The fraction of sp³-hybridized carbons (Fsp3) is 0.467. The van der Waals surface area contributed by atoms with Crippen LogP contribution < -0.4 is 0 Å². The number of benzene rings is 1. The fourth-order valence-corrected chi connectivity index (χ4v) is 5.77. The standard InChI is InChI=1S/C15H17Cl2N3O2S2/c1-20-14(7-11-4-5-24(21,22)9-11)18-19-15(20)23-8-10-2-3-12(16)13(17)6-10/h2-3,6,11H,4-5,7-9H2,1H3. The lowest BCUT2D eigenvalue weighted by molar-refractivity contribution is 0.552. The van der Waals surface area contributed by atoms with Gasteiger partial charge in [-0.25, -0.2) is 8.42 Å². The van der Waals surface area contributed by atoms with Crippen LogP contribution in [0.3, 0.4) is 0 Å². The molecule has 2 heterocycles. The van der Waals surface area contributed by atoms with E-state index in [9.17, 15) is 8.42 Å². The van der Waals surface area contributed by atoms with Crippen molar-refractivity contribution >= 4 is 44.8 Å². The molecule has 0 saturated carbocycles. The molecule has 0 spiro atoms. The SMILES string of the molecule is Cn1c(CC2CCS(=O)(=O)C2)nnc1SCc1ccc(Cl)c(Cl)c1. The van der Waals surface area contributed by atoms with Gasteiger partial charge in [0, 0.05) is 19.2 Å². The Morgan fingerprint density at radius 3 is 2.75 bits per heavy atom. The molecule has 1 saturated heterocycles. The highest BCUT2D eigenvalue weighted by molar-refractivity contribution is 7.98.